The van der Waals surface area contributed by atoms with Crippen LogP contribution in [0.2, 0.25) is 0 Å². The van der Waals surface area contributed by atoms with Crippen LogP contribution in [0.1, 0.15) is 25.0 Å². The van der Waals surface area contributed by atoms with Crippen LogP contribution in [0.4, 0.5) is 0 Å². The van der Waals surface area contributed by atoms with Crippen LogP contribution in [0.5, 0.6) is 0 Å². The van der Waals surface area contributed by atoms with Crippen LogP contribution in [0, 0.1) is 0 Å². The molecule has 240 valence electrons. The third-order valence-electron chi connectivity index (χ3n) is 11.3. The van der Waals surface area contributed by atoms with Crippen molar-refractivity contribution in [3.05, 3.63) is 193 Å². The van der Waals surface area contributed by atoms with E-state index in [2.05, 4.69) is 196 Å². The van der Waals surface area contributed by atoms with E-state index in [0.29, 0.717) is 0 Å². The lowest BCUT2D eigenvalue weighted by Crippen LogP contribution is -2.15. The molecule has 0 spiro atoms. The van der Waals surface area contributed by atoms with Gasteiger partial charge >= 0.3 is 0 Å². The summed E-state index contributed by atoms with van der Waals surface area (Å²) in [4.78, 5) is 0. The number of rotatable bonds is 4. The monoisotopic (exact) mass is 648 g/mol. The first-order valence-electron chi connectivity index (χ1n) is 17.9. The quantitative estimate of drug-likeness (QED) is 0.167. The van der Waals surface area contributed by atoms with Crippen molar-refractivity contribution in [3.8, 4) is 55.6 Å². The van der Waals surface area contributed by atoms with E-state index in [4.69, 9.17) is 0 Å². The van der Waals surface area contributed by atoms with E-state index in [1.165, 1.54) is 99.1 Å². The molecule has 10 rings (SSSR count). The number of hydrogen-bond donors (Lipinski definition) is 0. The minimum absolute atomic E-state index is 0.0831. The Morgan fingerprint density at radius 2 is 0.824 bits per heavy atom. The van der Waals surface area contributed by atoms with Crippen LogP contribution < -0.4 is 0 Å². The van der Waals surface area contributed by atoms with Gasteiger partial charge in [0, 0.05) is 5.41 Å². The van der Waals surface area contributed by atoms with Gasteiger partial charge in [0.05, 0.1) is 0 Å². The number of benzene rings is 9. The molecule has 0 unspecified atom stereocenters. The standard InChI is InChI=1S/C51H36/c1-51(2)47-32-37(29-30-40(47)46-31-28-35-16-6-7-18-39(35)50(46)51)33-24-26-36(27-25-33)48-42-20-10-12-22-44(42)49(45-23-13-11-21-43(45)48)41-19-9-8-17-38(41)34-14-4-3-5-15-34/h3-32H,1-2H3. The van der Waals surface area contributed by atoms with Gasteiger partial charge in [-0.15, -0.1) is 0 Å². The molecule has 0 atom stereocenters. The second-order valence-corrected chi connectivity index (χ2v) is 14.4. The molecule has 0 bridgehead atoms. The Kier molecular flexibility index (Phi) is 6.63. The van der Waals surface area contributed by atoms with Gasteiger partial charge in [-0.25, -0.2) is 0 Å². The minimum Gasteiger partial charge on any atom is -0.0622 e. The molecule has 9 aromatic carbocycles. The largest absolute Gasteiger partial charge is 0.0622 e. The van der Waals surface area contributed by atoms with Crippen molar-refractivity contribution in [2.75, 3.05) is 0 Å². The van der Waals surface area contributed by atoms with Gasteiger partial charge in [0.25, 0.3) is 0 Å². The Balaban J connectivity index is 1.11. The molecule has 0 nitrogen and oxygen atoms in total. The molecular formula is C51H36. The van der Waals surface area contributed by atoms with E-state index >= 15 is 0 Å². The highest BCUT2D eigenvalue weighted by Gasteiger charge is 2.37. The van der Waals surface area contributed by atoms with Gasteiger partial charge in [0.15, 0.2) is 0 Å². The first kappa shape index (κ1) is 29.7. The molecular weight excluding hydrogens is 613 g/mol. The molecule has 0 heterocycles. The van der Waals surface area contributed by atoms with Gasteiger partial charge in [-0.05, 0) is 105 Å². The zero-order valence-electron chi connectivity index (χ0n) is 28.8. The lowest BCUT2D eigenvalue weighted by Gasteiger charge is -2.23. The van der Waals surface area contributed by atoms with E-state index in [0.717, 1.165) is 0 Å². The van der Waals surface area contributed by atoms with Gasteiger partial charge in [0.2, 0.25) is 0 Å². The summed E-state index contributed by atoms with van der Waals surface area (Å²) in [7, 11) is 0. The summed E-state index contributed by atoms with van der Waals surface area (Å²) in [5.74, 6) is 0. The Hall–Kier alpha value is -6.24. The number of fused-ring (bicyclic) bond motifs is 7. The summed E-state index contributed by atoms with van der Waals surface area (Å²) < 4.78 is 0. The maximum Gasteiger partial charge on any atom is 0.0165 e. The van der Waals surface area contributed by atoms with Crippen LogP contribution in [0.3, 0.4) is 0 Å². The van der Waals surface area contributed by atoms with Gasteiger partial charge < -0.3 is 0 Å². The SMILES string of the molecule is CC1(C)c2cc(-c3ccc(-c4c5ccccc5c(-c5ccccc5-c5ccccc5)c5ccccc45)cc3)ccc2-c2ccc3ccccc3c21. The van der Waals surface area contributed by atoms with Crippen molar-refractivity contribution < 1.29 is 0 Å². The molecule has 1 aliphatic rings. The smallest absolute Gasteiger partial charge is 0.0165 e. The zero-order valence-corrected chi connectivity index (χ0v) is 28.8. The summed E-state index contributed by atoms with van der Waals surface area (Å²) in [5.41, 5.74) is 15.5. The highest BCUT2D eigenvalue weighted by Crippen LogP contribution is 2.52. The fourth-order valence-electron chi connectivity index (χ4n) is 8.91. The van der Waals surface area contributed by atoms with Crippen LogP contribution in [0.25, 0.3) is 88.0 Å². The normalized spacial score (nSPS) is 13.1. The molecule has 51 heavy (non-hydrogen) atoms. The van der Waals surface area contributed by atoms with Gasteiger partial charge in [0.1, 0.15) is 0 Å². The second-order valence-electron chi connectivity index (χ2n) is 14.4. The van der Waals surface area contributed by atoms with Crippen LogP contribution in [0.15, 0.2) is 182 Å². The molecule has 0 aliphatic heterocycles. The van der Waals surface area contributed by atoms with E-state index in [1.54, 1.807) is 0 Å². The van der Waals surface area contributed by atoms with Gasteiger partial charge in [-0.1, -0.05) is 190 Å². The maximum atomic E-state index is 2.43. The maximum absolute atomic E-state index is 2.43. The summed E-state index contributed by atoms with van der Waals surface area (Å²) in [6.45, 7) is 4.77. The first-order valence-corrected chi connectivity index (χ1v) is 17.9. The lowest BCUT2D eigenvalue weighted by molar-refractivity contribution is 0.666. The Bertz CT molecular complexity index is 2740. The molecule has 0 aromatic heterocycles. The molecule has 0 saturated heterocycles. The fraction of sp³-hybridized carbons (Fsp3) is 0.0588. The molecule has 0 N–H and O–H groups in total. The average molecular weight is 649 g/mol. The van der Waals surface area contributed by atoms with E-state index in [9.17, 15) is 0 Å². The van der Waals surface area contributed by atoms with Crippen molar-refractivity contribution in [2.24, 2.45) is 0 Å². The molecule has 0 fully saturated rings. The van der Waals surface area contributed by atoms with Crippen molar-refractivity contribution in [3.63, 3.8) is 0 Å². The van der Waals surface area contributed by atoms with Crippen LogP contribution in [-0.2, 0) is 5.41 Å². The van der Waals surface area contributed by atoms with Crippen molar-refractivity contribution in [1.29, 1.82) is 0 Å². The summed E-state index contributed by atoms with van der Waals surface area (Å²) in [5, 5.41) is 7.74. The molecule has 0 radical (unpaired) electrons. The fourth-order valence-corrected chi connectivity index (χ4v) is 8.91. The zero-order chi connectivity index (χ0) is 34.1. The predicted molar refractivity (Wildman–Crippen MR) is 218 cm³/mol. The highest BCUT2D eigenvalue weighted by molar-refractivity contribution is 6.22. The van der Waals surface area contributed by atoms with Gasteiger partial charge in [-0.3, -0.25) is 0 Å². The van der Waals surface area contributed by atoms with Crippen LogP contribution in [-0.4, -0.2) is 0 Å². The first-order chi connectivity index (χ1) is 25.1. The minimum atomic E-state index is -0.0831. The average Bonchev–Trinajstić information content (AvgIpc) is 3.43. The van der Waals surface area contributed by atoms with Crippen molar-refractivity contribution in [2.45, 2.75) is 19.3 Å². The molecule has 0 saturated carbocycles. The lowest BCUT2D eigenvalue weighted by atomic mass is 9.79. The van der Waals surface area contributed by atoms with E-state index in [1.807, 2.05) is 0 Å². The predicted octanol–water partition coefficient (Wildman–Crippen LogP) is 14.1. The molecule has 0 heteroatoms. The van der Waals surface area contributed by atoms with E-state index < -0.39 is 0 Å². The topological polar surface area (TPSA) is 0 Å². The molecule has 9 aromatic rings. The van der Waals surface area contributed by atoms with Gasteiger partial charge in [-0.2, -0.15) is 0 Å². The Labute approximate surface area is 299 Å². The van der Waals surface area contributed by atoms with Crippen molar-refractivity contribution >= 4 is 32.3 Å². The third-order valence-corrected chi connectivity index (χ3v) is 11.3. The Morgan fingerprint density at radius 1 is 0.314 bits per heavy atom. The number of hydrogen-bond acceptors (Lipinski definition) is 0. The highest BCUT2D eigenvalue weighted by atomic mass is 14.4. The van der Waals surface area contributed by atoms with Crippen LogP contribution >= 0.6 is 0 Å². The second kappa shape index (κ2) is 11.4. The third kappa shape index (κ3) is 4.53. The van der Waals surface area contributed by atoms with E-state index in [-0.39, 0.29) is 5.41 Å². The Morgan fingerprint density at radius 3 is 1.51 bits per heavy atom. The van der Waals surface area contributed by atoms with Crippen molar-refractivity contribution in [1.82, 2.24) is 0 Å². The summed E-state index contributed by atoms with van der Waals surface area (Å²) in [6, 6.07) is 67.2. The summed E-state index contributed by atoms with van der Waals surface area (Å²) >= 11 is 0. The summed E-state index contributed by atoms with van der Waals surface area (Å²) in [6.07, 6.45) is 0. The molecule has 1 aliphatic carbocycles. The molecule has 0 amide bonds.